The van der Waals surface area contributed by atoms with Crippen LogP contribution in [0.2, 0.25) is 5.02 Å². The Morgan fingerprint density at radius 1 is 1.30 bits per heavy atom. The van der Waals surface area contributed by atoms with Gasteiger partial charge in [0.15, 0.2) is 0 Å². The number of rotatable bonds is 8. The summed E-state index contributed by atoms with van der Waals surface area (Å²) in [5.74, 6) is -0.157. The van der Waals surface area contributed by atoms with Gasteiger partial charge in [-0.15, -0.1) is 0 Å². The number of nitrogens with one attached hydrogen (secondary N) is 1. The van der Waals surface area contributed by atoms with E-state index in [1.165, 1.54) is 0 Å². The Balaban J connectivity index is 1.93. The Kier molecular flexibility index (Phi) is 6.99. The lowest BCUT2D eigenvalue weighted by Gasteiger charge is -2.28. The number of carboxylic acid groups (broad SMARTS) is 1. The van der Waals surface area contributed by atoms with E-state index in [9.17, 15) is 4.79 Å². The molecule has 0 aromatic heterocycles. The van der Waals surface area contributed by atoms with Gasteiger partial charge in [0.25, 0.3) is 0 Å². The van der Waals surface area contributed by atoms with Crippen LogP contribution in [-0.4, -0.2) is 36.9 Å². The molecule has 1 aromatic carbocycles. The third kappa shape index (κ3) is 5.59. The lowest BCUT2D eigenvalue weighted by Crippen LogP contribution is -2.29. The molecule has 0 radical (unpaired) electrons. The topological polar surface area (TPSA) is 67.8 Å². The molecule has 0 saturated heterocycles. The highest BCUT2D eigenvalue weighted by molar-refractivity contribution is 6.30. The summed E-state index contributed by atoms with van der Waals surface area (Å²) in [4.78, 5) is 11.0. The predicted octanol–water partition coefficient (Wildman–Crippen LogP) is 3.81. The van der Waals surface area contributed by atoms with Crippen LogP contribution < -0.4 is 10.1 Å². The van der Waals surface area contributed by atoms with Crippen molar-refractivity contribution in [3.05, 3.63) is 23.2 Å². The van der Waals surface area contributed by atoms with Gasteiger partial charge in [0.2, 0.25) is 0 Å². The van der Waals surface area contributed by atoms with Crippen LogP contribution >= 0.6 is 11.6 Å². The Morgan fingerprint density at radius 2 is 2.04 bits per heavy atom. The van der Waals surface area contributed by atoms with Crippen molar-refractivity contribution < 1.29 is 19.4 Å². The third-order valence-corrected chi connectivity index (χ3v) is 4.30. The van der Waals surface area contributed by atoms with Crippen molar-refractivity contribution in [1.29, 1.82) is 0 Å². The first-order chi connectivity index (χ1) is 11.1. The van der Waals surface area contributed by atoms with Crippen LogP contribution in [0.3, 0.4) is 0 Å². The molecule has 0 aliphatic heterocycles. The first-order valence-corrected chi connectivity index (χ1v) is 8.47. The highest BCUT2D eigenvalue weighted by atomic mass is 35.5. The maximum Gasteiger partial charge on any atom is 0.306 e. The molecule has 5 nitrogen and oxygen atoms in total. The molecule has 128 valence electrons. The fourth-order valence-electron chi connectivity index (χ4n) is 2.80. The van der Waals surface area contributed by atoms with Crippen molar-refractivity contribution in [2.45, 2.75) is 38.6 Å². The molecule has 0 bridgehead atoms. The molecule has 6 heteroatoms. The molecular formula is C17H24ClNO4. The van der Waals surface area contributed by atoms with E-state index in [0.29, 0.717) is 37.7 Å². The second-order valence-corrected chi connectivity index (χ2v) is 6.15. The van der Waals surface area contributed by atoms with Gasteiger partial charge in [0.05, 0.1) is 18.2 Å². The summed E-state index contributed by atoms with van der Waals surface area (Å²) in [5, 5.41) is 13.2. The van der Waals surface area contributed by atoms with Gasteiger partial charge in [0, 0.05) is 17.7 Å². The molecule has 0 heterocycles. The SMILES string of the molecule is CCOCCOc1ccc(Cl)cc1NC1CCC(C(=O)O)CC1. The van der Waals surface area contributed by atoms with Crippen molar-refractivity contribution in [2.24, 2.45) is 5.92 Å². The third-order valence-electron chi connectivity index (χ3n) is 4.07. The second kappa shape index (κ2) is 8.99. The maximum atomic E-state index is 11.0. The van der Waals surface area contributed by atoms with Crippen LogP contribution in [0.15, 0.2) is 18.2 Å². The molecule has 0 amide bonds. The lowest BCUT2D eigenvalue weighted by atomic mass is 9.86. The summed E-state index contributed by atoms with van der Waals surface area (Å²) in [7, 11) is 0. The Bertz CT molecular complexity index is 515. The van der Waals surface area contributed by atoms with Crippen LogP contribution in [0, 0.1) is 5.92 Å². The Labute approximate surface area is 141 Å². The molecule has 2 rings (SSSR count). The molecule has 0 spiro atoms. The fraction of sp³-hybridized carbons (Fsp3) is 0.588. The van der Waals surface area contributed by atoms with Crippen LogP contribution in [0.4, 0.5) is 5.69 Å². The minimum Gasteiger partial charge on any atom is -0.489 e. The van der Waals surface area contributed by atoms with Gasteiger partial charge in [-0.05, 0) is 50.8 Å². The minimum absolute atomic E-state index is 0.214. The van der Waals surface area contributed by atoms with Crippen molar-refractivity contribution >= 4 is 23.3 Å². The van der Waals surface area contributed by atoms with Gasteiger partial charge in [-0.3, -0.25) is 4.79 Å². The summed E-state index contributed by atoms with van der Waals surface area (Å²) in [6, 6.07) is 5.74. The normalized spacial score (nSPS) is 21.0. The van der Waals surface area contributed by atoms with E-state index in [0.717, 1.165) is 24.3 Å². The highest BCUT2D eigenvalue weighted by Crippen LogP contribution is 2.32. The molecule has 1 saturated carbocycles. The van der Waals surface area contributed by atoms with E-state index in [1.807, 2.05) is 19.1 Å². The molecule has 1 aromatic rings. The van der Waals surface area contributed by atoms with Gasteiger partial charge in [-0.25, -0.2) is 0 Å². The van der Waals surface area contributed by atoms with Gasteiger partial charge >= 0.3 is 5.97 Å². The summed E-state index contributed by atoms with van der Waals surface area (Å²) >= 11 is 6.09. The summed E-state index contributed by atoms with van der Waals surface area (Å²) in [6.45, 7) is 3.64. The number of aliphatic carboxylic acids is 1. The van der Waals surface area contributed by atoms with E-state index < -0.39 is 5.97 Å². The standard InChI is InChI=1S/C17H24ClNO4/c1-2-22-9-10-23-16-8-5-13(18)11-15(16)19-14-6-3-12(4-7-14)17(20)21/h5,8,11-12,14,19H,2-4,6-7,9-10H2,1H3,(H,20,21). The largest absolute Gasteiger partial charge is 0.489 e. The average Bonchev–Trinajstić information content (AvgIpc) is 2.54. The number of carboxylic acids is 1. The van der Waals surface area contributed by atoms with Gasteiger partial charge < -0.3 is 19.9 Å². The fourth-order valence-corrected chi connectivity index (χ4v) is 2.97. The predicted molar refractivity (Wildman–Crippen MR) is 90.4 cm³/mol. The van der Waals surface area contributed by atoms with Gasteiger partial charge in [0.1, 0.15) is 12.4 Å². The molecule has 23 heavy (non-hydrogen) atoms. The Morgan fingerprint density at radius 3 is 2.70 bits per heavy atom. The number of halogens is 1. The summed E-state index contributed by atoms with van der Waals surface area (Å²) < 4.78 is 11.0. The highest BCUT2D eigenvalue weighted by Gasteiger charge is 2.26. The number of hydrogen-bond donors (Lipinski definition) is 2. The Hall–Kier alpha value is -1.46. The van der Waals surface area contributed by atoms with E-state index in [-0.39, 0.29) is 12.0 Å². The van der Waals surface area contributed by atoms with E-state index in [4.69, 9.17) is 26.2 Å². The summed E-state index contributed by atoms with van der Waals surface area (Å²) in [5.41, 5.74) is 0.854. The van der Waals surface area contributed by atoms with Crippen molar-refractivity contribution in [3.63, 3.8) is 0 Å². The second-order valence-electron chi connectivity index (χ2n) is 5.72. The van der Waals surface area contributed by atoms with Crippen LogP contribution in [0.25, 0.3) is 0 Å². The molecule has 1 aliphatic carbocycles. The molecule has 0 atom stereocenters. The lowest BCUT2D eigenvalue weighted by molar-refractivity contribution is -0.142. The molecule has 1 aliphatic rings. The van der Waals surface area contributed by atoms with Crippen LogP contribution in [0.1, 0.15) is 32.6 Å². The number of carbonyl (C=O) groups is 1. The zero-order valence-electron chi connectivity index (χ0n) is 13.4. The first kappa shape index (κ1) is 17.9. The van der Waals surface area contributed by atoms with E-state index in [1.54, 1.807) is 6.07 Å². The van der Waals surface area contributed by atoms with Gasteiger partial charge in [-0.1, -0.05) is 11.6 Å². The number of hydrogen-bond acceptors (Lipinski definition) is 4. The number of ether oxygens (including phenoxy) is 2. The summed E-state index contributed by atoms with van der Waals surface area (Å²) in [6.07, 6.45) is 3.08. The maximum absolute atomic E-state index is 11.0. The zero-order valence-corrected chi connectivity index (χ0v) is 14.1. The van der Waals surface area contributed by atoms with Gasteiger partial charge in [-0.2, -0.15) is 0 Å². The van der Waals surface area contributed by atoms with Crippen LogP contribution in [0.5, 0.6) is 5.75 Å². The number of benzene rings is 1. The quantitative estimate of drug-likeness (QED) is 0.704. The number of anilines is 1. The average molecular weight is 342 g/mol. The van der Waals surface area contributed by atoms with Crippen molar-refractivity contribution in [3.8, 4) is 5.75 Å². The van der Waals surface area contributed by atoms with Crippen molar-refractivity contribution in [2.75, 3.05) is 25.1 Å². The minimum atomic E-state index is -0.689. The molecular weight excluding hydrogens is 318 g/mol. The molecule has 1 fully saturated rings. The molecule has 2 N–H and O–H groups in total. The zero-order chi connectivity index (χ0) is 16.7. The van der Waals surface area contributed by atoms with Crippen molar-refractivity contribution in [1.82, 2.24) is 0 Å². The van der Waals surface area contributed by atoms with Crippen LogP contribution in [-0.2, 0) is 9.53 Å². The monoisotopic (exact) mass is 341 g/mol. The van der Waals surface area contributed by atoms with E-state index >= 15 is 0 Å². The van der Waals surface area contributed by atoms with E-state index in [2.05, 4.69) is 5.32 Å². The first-order valence-electron chi connectivity index (χ1n) is 8.09. The smallest absolute Gasteiger partial charge is 0.306 e. The molecule has 0 unspecified atom stereocenters.